The van der Waals surface area contributed by atoms with E-state index in [4.69, 9.17) is 0 Å². The Morgan fingerprint density at radius 2 is 1.61 bits per heavy atom. The second-order valence-corrected chi connectivity index (χ2v) is 16.2. The molecule has 1 aliphatic rings. The number of hydrogen-bond donors (Lipinski definition) is 1. The zero-order valence-electron chi connectivity index (χ0n) is 18.4. The van der Waals surface area contributed by atoms with Crippen molar-refractivity contribution in [3.05, 3.63) is 50.0 Å². The third-order valence-electron chi connectivity index (χ3n) is 5.25. The summed E-state index contributed by atoms with van der Waals surface area (Å²) in [6, 6.07) is 6.84. The first-order valence-electron chi connectivity index (χ1n) is 9.82. The van der Waals surface area contributed by atoms with Crippen LogP contribution in [0, 0.1) is 0 Å². The number of aromatic amines is 1. The van der Waals surface area contributed by atoms with E-state index in [0.717, 1.165) is 0 Å². The molecule has 0 bridgehead atoms. The van der Waals surface area contributed by atoms with Gasteiger partial charge in [-0.05, 0) is 0 Å². The molecular formula is C23H33Cl2NSiZr. The summed E-state index contributed by atoms with van der Waals surface area (Å²) in [5.74, 6) is 0. The summed E-state index contributed by atoms with van der Waals surface area (Å²) in [6.45, 7) is 19.1. The molecule has 1 nitrogen and oxygen atoms in total. The molecule has 1 N–H and O–H groups in total. The fourth-order valence-electron chi connectivity index (χ4n) is 4.05. The molecule has 0 saturated heterocycles. The van der Waals surface area contributed by atoms with E-state index < -0.39 is 32.0 Å². The Hall–Kier alpha value is -0.0800. The number of H-pyrrole nitrogens is 1. The minimum absolute atomic E-state index is 0. The standard InChI is InChI=1S/C16H22N.C7H11Si.2ClH.Zr/c1-15(2,3)11-8-7-9-13-14(11)12(10-17-13)16(4,5)6;1-8(2)7-5-3-4-6-7;;;/h7-9,17H,1-6H3;3,5,8H,4H2,1-2H3;2*1H;/q;;;;+2/p-2. The maximum Gasteiger partial charge on any atom is -1.00 e. The predicted octanol–water partition coefficient (Wildman–Crippen LogP) is -0.281. The summed E-state index contributed by atoms with van der Waals surface area (Å²) in [5, 5.41) is 3.24. The molecule has 0 atom stereocenters. The van der Waals surface area contributed by atoms with Crippen molar-refractivity contribution in [3.8, 4) is 0 Å². The van der Waals surface area contributed by atoms with Crippen molar-refractivity contribution in [2.75, 3.05) is 0 Å². The normalized spacial score (nSPS) is 14.3. The van der Waals surface area contributed by atoms with Crippen molar-refractivity contribution in [2.45, 2.75) is 71.9 Å². The van der Waals surface area contributed by atoms with Gasteiger partial charge in [0.15, 0.2) is 0 Å². The van der Waals surface area contributed by atoms with E-state index in [1.54, 1.807) is 14.2 Å². The van der Waals surface area contributed by atoms with Gasteiger partial charge in [-0.25, -0.2) is 0 Å². The fraction of sp³-hybridized carbons (Fsp3) is 0.478. The van der Waals surface area contributed by atoms with Crippen LogP contribution in [-0.2, 0) is 34.1 Å². The molecule has 3 rings (SSSR count). The SMILES string of the molecule is C[SiH](C)C1=[C]([Zr+2][c]2[nH]c3cccc(C(C)(C)C)c3c2C(C)(C)C)CC=C1.[Cl-].[Cl-]. The number of nitrogens with one attached hydrogen (secondary N) is 1. The number of fused-ring (bicyclic) bond motifs is 1. The molecule has 0 saturated carbocycles. The first-order valence-corrected chi connectivity index (χ1v) is 15.2. The van der Waals surface area contributed by atoms with E-state index >= 15 is 0 Å². The molecule has 0 spiro atoms. The molecule has 1 aromatic carbocycles. The van der Waals surface area contributed by atoms with Crippen molar-refractivity contribution in [2.24, 2.45) is 0 Å². The van der Waals surface area contributed by atoms with E-state index in [0.29, 0.717) is 0 Å². The molecule has 0 amide bonds. The van der Waals surface area contributed by atoms with Gasteiger partial charge in [0, 0.05) is 0 Å². The Labute approximate surface area is 196 Å². The minimum atomic E-state index is -0.798. The molecule has 2 aromatic rings. The second-order valence-electron chi connectivity index (χ2n) is 9.92. The maximum absolute atomic E-state index is 3.90. The molecule has 1 aromatic heterocycles. The molecule has 5 heteroatoms. The molecule has 1 heterocycles. The first-order chi connectivity index (χ1) is 12.0. The Balaban J connectivity index is 0.00000196. The molecular weight excluding hydrogens is 480 g/mol. The molecule has 0 unspecified atom stereocenters. The van der Waals surface area contributed by atoms with E-state index in [1.165, 1.54) is 22.9 Å². The number of allylic oxidation sites excluding steroid dienone is 4. The van der Waals surface area contributed by atoms with Crippen molar-refractivity contribution < 1.29 is 48.0 Å². The number of rotatable bonds is 3. The van der Waals surface area contributed by atoms with Gasteiger partial charge in [-0.2, -0.15) is 0 Å². The second kappa shape index (κ2) is 9.38. The zero-order valence-corrected chi connectivity index (χ0v) is 23.6. The minimum Gasteiger partial charge on any atom is -1.00 e. The van der Waals surface area contributed by atoms with Crippen LogP contribution >= 0.6 is 0 Å². The van der Waals surface area contributed by atoms with Gasteiger partial charge in [-0.1, -0.05) is 0 Å². The topological polar surface area (TPSA) is 15.8 Å². The summed E-state index contributed by atoms with van der Waals surface area (Å²) >= 11 is -0.798. The van der Waals surface area contributed by atoms with E-state index in [2.05, 4.69) is 90.0 Å². The number of halogens is 2. The number of hydrogen-bond acceptors (Lipinski definition) is 0. The van der Waals surface area contributed by atoms with Gasteiger partial charge in [-0.3, -0.25) is 0 Å². The molecule has 0 aliphatic heterocycles. The van der Waals surface area contributed by atoms with Crippen LogP contribution < -0.4 is 28.2 Å². The van der Waals surface area contributed by atoms with Crippen LogP contribution in [0.2, 0.25) is 13.1 Å². The van der Waals surface area contributed by atoms with Crippen molar-refractivity contribution in [1.29, 1.82) is 0 Å². The van der Waals surface area contributed by atoms with Crippen LogP contribution in [0.15, 0.2) is 38.8 Å². The Kier molecular flexibility index (Phi) is 8.69. The monoisotopic (exact) mass is 511 g/mol. The summed E-state index contributed by atoms with van der Waals surface area (Å²) in [6.07, 6.45) is 6.04. The Bertz CT molecular complexity index is 896. The molecule has 152 valence electrons. The summed E-state index contributed by atoms with van der Waals surface area (Å²) < 4.78 is 3.41. The number of benzene rings is 1. The van der Waals surface area contributed by atoms with Crippen molar-refractivity contribution >= 4 is 23.1 Å². The Morgan fingerprint density at radius 3 is 2.14 bits per heavy atom. The Morgan fingerprint density at radius 1 is 0.964 bits per heavy atom. The van der Waals surface area contributed by atoms with E-state index in [-0.39, 0.29) is 35.6 Å². The van der Waals surface area contributed by atoms with Gasteiger partial charge in [0.2, 0.25) is 0 Å². The van der Waals surface area contributed by atoms with Gasteiger partial charge in [0.05, 0.1) is 0 Å². The van der Waals surface area contributed by atoms with E-state index in [1.807, 2.05) is 3.28 Å². The van der Waals surface area contributed by atoms with Crippen molar-refractivity contribution in [1.82, 2.24) is 4.98 Å². The summed E-state index contributed by atoms with van der Waals surface area (Å²) in [4.78, 5) is 3.90. The quantitative estimate of drug-likeness (QED) is 0.544. The molecule has 1 aliphatic carbocycles. The average molecular weight is 514 g/mol. The molecule has 0 fully saturated rings. The fourth-order valence-corrected chi connectivity index (χ4v) is 11.8. The van der Waals surface area contributed by atoms with Crippen LogP contribution in [0.4, 0.5) is 0 Å². The van der Waals surface area contributed by atoms with Gasteiger partial charge in [0.25, 0.3) is 0 Å². The van der Waals surface area contributed by atoms with Gasteiger partial charge >= 0.3 is 173 Å². The first kappa shape index (κ1) is 26.0. The summed E-state index contributed by atoms with van der Waals surface area (Å²) in [7, 11) is -0.731. The molecule has 28 heavy (non-hydrogen) atoms. The molecule has 0 radical (unpaired) electrons. The van der Waals surface area contributed by atoms with Crippen LogP contribution in [0.1, 0.15) is 59.1 Å². The van der Waals surface area contributed by atoms with Gasteiger partial charge < -0.3 is 24.8 Å². The van der Waals surface area contributed by atoms with Gasteiger partial charge in [0.1, 0.15) is 0 Å². The summed E-state index contributed by atoms with van der Waals surface area (Å²) in [5.41, 5.74) is 4.74. The predicted molar refractivity (Wildman–Crippen MR) is 115 cm³/mol. The van der Waals surface area contributed by atoms with E-state index in [9.17, 15) is 0 Å². The van der Waals surface area contributed by atoms with Crippen LogP contribution in [0.3, 0.4) is 0 Å². The average Bonchev–Trinajstić information content (AvgIpc) is 3.08. The van der Waals surface area contributed by atoms with Crippen LogP contribution in [-0.4, -0.2) is 13.8 Å². The van der Waals surface area contributed by atoms with Crippen LogP contribution in [0.25, 0.3) is 10.9 Å². The zero-order chi connectivity index (χ0) is 19.3. The number of aromatic nitrogens is 1. The van der Waals surface area contributed by atoms with Crippen molar-refractivity contribution in [3.63, 3.8) is 0 Å². The smallest absolute Gasteiger partial charge is 1.00 e. The largest absolute Gasteiger partial charge is 1.00 e. The third-order valence-corrected chi connectivity index (χ3v) is 11.2. The van der Waals surface area contributed by atoms with Gasteiger partial charge in [-0.15, -0.1) is 0 Å². The van der Waals surface area contributed by atoms with Crippen LogP contribution in [0.5, 0.6) is 0 Å². The third kappa shape index (κ3) is 5.15. The maximum atomic E-state index is 3.90.